The average Bonchev–Trinajstić information content (AvgIpc) is 2.96. The molecular weight excluding hydrogens is 494 g/mol. The number of halogens is 4. The zero-order chi connectivity index (χ0) is 20.6. The summed E-state index contributed by atoms with van der Waals surface area (Å²) in [4.78, 5) is 4.58. The van der Waals surface area contributed by atoms with Gasteiger partial charge in [0.15, 0.2) is 5.96 Å². The van der Waals surface area contributed by atoms with Crippen molar-refractivity contribution in [2.45, 2.75) is 52.8 Å². The number of para-hydroxylation sites is 1. The summed E-state index contributed by atoms with van der Waals surface area (Å²) in [5.74, 6) is 0.595. The van der Waals surface area contributed by atoms with E-state index in [9.17, 15) is 13.2 Å². The van der Waals surface area contributed by atoms with Gasteiger partial charge >= 0.3 is 6.18 Å². The molecule has 1 aromatic heterocycles. The first-order valence-electron chi connectivity index (χ1n) is 9.50. The standard InChI is InChI=1S/C20H28F3N5.HI/c1-4-24-19(25-12-8-7-11-20(21,22)23)26-14-17-9-5-6-10-18(17)28-16(3)13-15(2)27-28;/h5-6,9-10,13H,4,7-8,11-12,14H2,1-3H3,(H2,24,25,26);1H. The van der Waals surface area contributed by atoms with Crippen molar-refractivity contribution in [1.29, 1.82) is 0 Å². The van der Waals surface area contributed by atoms with E-state index >= 15 is 0 Å². The van der Waals surface area contributed by atoms with Crippen molar-refractivity contribution in [3.63, 3.8) is 0 Å². The quantitative estimate of drug-likeness (QED) is 0.224. The predicted octanol–water partition coefficient (Wildman–Crippen LogP) is 4.89. The van der Waals surface area contributed by atoms with E-state index in [4.69, 9.17) is 0 Å². The zero-order valence-corrected chi connectivity index (χ0v) is 19.3. The Bertz CT molecular complexity index is 787. The number of nitrogens with zero attached hydrogens (tertiary/aromatic N) is 3. The molecule has 9 heteroatoms. The van der Waals surface area contributed by atoms with Gasteiger partial charge in [0.1, 0.15) is 0 Å². The van der Waals surface area contributed by atoms with E-state index in [2.05, 4.69) is 20.7 Å². The number of hydrogen-bond donors (Lipinski definition) is 2. The summed E-state index contributed by atoms with van der Waals surface area (Å²) in [6.45, 7) is 7.47. The van der Waals surface area contributed by atoms with Crippen LogP contribution in [-0.2, 0) is 6.54 Å². The van der Waals surface area contributed by atoms with E-state index in [0.717, 1.165) is 22.6 Å². The van der Waals surface area contributed by atoms with Gasteiger partial charge in [0.2, 0.25) is 0 Å². The van der Waals surface area contributed by atoms with Gasteiger partial charge in [-0.25, -0.2) is 9.67 Å². The summed E-state index contributed by atoms with van der Waals surface area (Å²) in [7, 11) is 0. The summed E-state index contributed by atoms with van der Waals surface area (Å²) in [6.07, 6.45) is -4.30. The zero-order valence-electron chi connectivity index (χ0n) is 17.0. The largest absolute Gasteiger partial charge is 0.389 e. The molecule has 0 bridgehead atoms. The number of rotatable bonds is 8. The van der Waals surface area contributed by atoms with Crippen molar-refractivity contribution in [1.82, 2.24) is 20.4 Å². The van der Waals surface area contributed by atoms with Crippen LogP contribution in [0.4, 0.5) is 13.2 Å². The average molecular weight is 523 g/mol. The van der Waals surface area contributed by atoms with E-state index in [1.54, 1.807) is 0 Å². The van der Waals surface area contributed by atoms with Crippen LogP contribution in [0.25, 0.3) is 5.69 Å². The summed E-state index contributed by atoms with van der Waals surface area (Å²) in [5.41, 5.74) is 3.98. The number of benzene rings is 1. The molecule has 5 nitrogen and oxygen atoms in total. The monoisotopic (exact) mass is 523 g/mol. The summed E-state index contributed by atoms with van der Waals surface area (Å²) < 4.78 is 38.5. The summed E-state index contributed by atoms with van der Waals surface area (Å²) in [6, 6.07) is 9.94. The number of guanidine groups is 1. The molecule has 2 N–H and O–H groups in total. The van der Waals surface area contributed by atoms with E-state index < -0.39 is 12.6 Å². The number of aryl methyl sites for hydroxylation is 2. The minimum Gasteiger partial charge on any atom is -0.357 e. The third-order valence-electron chi connectivity index (χ3n) is 4.16. The SMILES string of the molecule is CCNC(=NCc1ccccc1-n1nc(C)cc1C)NCCCCC(F)(F)F.I. The second kappa shape index (κ2) is 12.0. The van der Waals surface area contributed by atoms with Crippen LogP contribution in [0.5, 0.6) is 0 Å². The lowest BCUT2D eigenvalue weighted by molar-refractivity contribution is -0.135. The first-order chi connectivity index (χ1) is 13.3. The molecule has 0 fully saturated rings. The van der Waals surface area contributed by atoms with Crippen LogP contribution >= 0.6 is 24.0 Å². The number of aromatic nitrogens is 2. The lowest BCUT2D eigenvalue weighted by Crippen LogP contribution is -2.37. The highest BCUT2D eigenvalue weighted by atomic mass is 127. The Morgan fingerprint density at radius 2 is 1.86 bits per heavy atom. The normalized spacial score (nSPS) is 11.9. The molecule has 0 saturated carbocycles. The van der Waals surface area contributed by atoms with E-state index in [-0.39, 0.29) is 30.4 Å². The summed E-state index contributed by atoms with van der Waals surface area (Å²) in [5, 5.41) is 10.8. The first kappa shape index (κ1) is 25.3. The number of aliphatic imine (C=N–C) groups is 1. The Hall–Kier alpha value is -1.78. The Balaban J connectivity index is 0.00000420. The van der Waals surface area contributed by atoms with Crippen molar-refractivity contribution in [2.75, 3.05) is 13.1 Å². The van der Waals surface area contributed by atoms with E-state index in [1.165, 1.54) is 0 Å². The Kier molecular flexibility index (Phi) is 10.5. The molecule has 1 heterocycles. The molecule has 0 amide bonds. The Labute approximate surface area is 187 Å². The summed E-state index contributed by atoms with van der Waals surface area (Å²) >= 11 is 0. The van der Waals surface area contributed by atoms with Gasteiger partial charge in [-0.2, -0.15) is 18.3 Å². The van der Waals surface area contributed by atoms with Crippen LogP contribution in [0.15, 0.2) is 35.3 Å². The third-order valence-corrected chi connectivity index (χ3v) is 4.16. The van der Waals surface area contributed by atoms with Gasteiger partial charge in [0.25, 0.3) is 0 Å². The van der Waals surface area contributed by atoms with Crippen LogP contribution in [0, 0.1) is 13.8 Å². The lowest BCUT2D eigenvalue weighted by Gasteiger charge is -2.13. The van der Waals surface area contributed by atoms with Crippen LogP contribution < -0.4 is 10.6 Å². The van der Waals surface area contributed by atoms with Crippen LogP contribution in [0.1, 0.15) is 43.1 Å². The molecule has 0 radical (unpaired) electrons. The Morgan fingerprint density at radius 1 is 1.14 bits per heavy atom. The minimum atomic E-state index is -4.09. The molecule has 0 aliphatic rings. The molecule has 0 aliphatic carbocycles. The molecule has 29 heavy (non-hydrogen) atoms. The second-order valence-corrected chi connectivity index (χ2v) is 6.66. The predicted molar refractivity (Wildman–Crippen MR) is 121 cm³/mol. The molecule has 162 valence electrons. The highest BCUT2D eigenvalue weighted by Crippen LogP contribution is 2.22. The van der Waals surface area contributed by atoms with Gasteiger partial charge in [-0.1, -0.05) is 18.2 Å². The fourth-order valence-electron chi connectivity index (χ4n) is 2.89. The molecule has 2 aromatic rings. The van der Waals surface area contributed by atoms with Crippen LogP contribution in [0.2, 0.25) is 0 Å². The maximum Gasteiger partial charge on any atom is 0.389 e. The third kappa shape index (κ3) is 8.63. The van der Waals surface area contributed by atoms with Gasteiger partial charge in [-0.15, -0.1) is 24.0 Å². The van der Waals surface area contributed by atoms with Gasteiger partial charge < -0.3 is 10.6 Å². The molecule has 0 spiro atoms. The number of alkyl halides is 3. The molecule has 0 unspecified atom stereocenters. The van der Waals surface area contributed by atoms with Crippen molar-refractivity contribution >= 4 is 29.9 Å². The van der Waals surface area contributed by atoms with Gasteiger partial charge in [0, 0.05) is 25.2 Å². The topological polar surface area (TPSA) is 54.2 Å². The highest BCUT2D eigenvalue weighted by Gasteiger charge is 2.25. The number of unbranched alkanes of at least 4 members (excludes halogenated alkanes) is 1. The minimum absolute atomic E-state index is 0. The smallest absolute Gasteiger partial charge is 0.357 e. The molecule has 2 rings (SSSR count). The van der Waals surface area contributed by atoms with Crippen molar-refractivity contribution in [2.24, 2.45) is 4.99 Å². The highest BCUT2D eigenvalue weighted by molar-refractivity contribution is 14.0. The van der Waals surface area contributed by atoms with Crippen molar-refractivity contribution in [3.8, 4) is 5.69 Å². The Morgan fingerprint density at radius 3 is 2.48 bits per heavy atom. The maximum absolute atomic E-state index is 12.2. The molecule has 0 atom stereocenters. The molecular formula is C20H29F3IN5. The fourth-order valence-corrected chi connectivity index (χ4v) is 2.89. The second-order valence-electron chi connectivity index (χ2n) is 6.66. The van der Waals surface area contributed by atoms with E-state index in [1.807, 2.05) is 55.8 Å². The fraction of sp³-hybridized carbons (Fsp3) is 0.500. The van der Waals surface area contributed by atoms with Crippen LogP contribution in [0.3, 0.4) is 0 Å². The van der Waals surface area contributed by atoms with Crippen molar-refractivity contribution in [3.05, 3.63) is 47.3 Å². The molecule has 0 saturated heterocycles. The molecule has 0 aliphatic heterocycles. The first-order valence-corrected chi connectivity index (χ1v) is 9.50. The number of hydrogen-bond acceptors (Lipinski definition) is 2. The van der Waals surface area contributed by atoms with Gasteiger partial charge in [-0.05, 0) is 51.3 Å². The number of nitrogens with one attached hydrogen (secondary N) is 2. The van der Waals surface area contributed by atoms with Crippen molar-refractivity contribution < 1.29 is 13.2 Å². The lowest BCUT2D eigenvalue weighted by atomic mass is 10.2. The van der Waals surface area contributed by atoms with Crippen LogP contribution in [-0.4, -0.2) is 35.0 Å². The molecule has 1 aromatic carbocycles. The van der Waals surface area contributed by atoms with Gasteiger partial charge in [-0.3, -0.25) is 0 Å². The van der Waals surface area contributed by atoms with E-state index in [0.29, 0.717) is 32.0 Å². The maximum atomic E-state index is 12.2. The van der Waals surface area contributed by atoms with Gasteiger partial charge in [0.05, 0.1) is 17.9 Å².